The zero-order valence-electron chi connectivity index (χ0n) is 13.1. The molecule has 23 heavy (non-hydrogen) atoms. The number of thioether (sulfide) groups is 1. The Morgan fingerprint density at radius 3 is 2.70 bits per heavy atom. The molecule has 0 aliphatic carbocycles. The van der Waals surface area contributed by atoms with Crippen LogP contribution in [-0.2, 0) is 4.79 Å². The van der Waals surface area contributed by atoms with Crippen molar-refractivity contribution < 1.29 is 4.79 Å². The van der Waals surface area contributed by atoms with E-state index in [0.29, 0.717) is 23.3 Å². The maximum atomic E-state index is 12.3. The molecule has 1 amide bonds. The molecular formula is C15H18ClN5OS. The minimum atomic E-state index is 0.0335. The largest absolute Gasteiger partial charge is 0.338 e. The highest BCUT2D eigenvalue weighted by Crippen LogP contribution is 2.20. The Morgan fingerprint density at radius 1 is 1.39 bits per heavy atom. The molecule has 0 saturated carbocycles. The average Bonchev–Trinajstić information content (AvgIpc) is 2.99. The van der Waals surface area contributed by atoms with Crippen LogP contribution in [0.5, 0.6) is 0 Å². The summed E-state index contributed by atoms with van der Waals surface area (Å²) in [6.45, 7) is 8.92. The van der Waals surface area contributed by atoms with Crippen LogP contribution in [-0.4, -0.2) is 49.9 Å². The standard InChI is InChI=1S/C15H18ClN5OS/c1-4-20(9-11(2)3)14(22)10-23-15-17-18-19-21(15)13-7-5-12(16)6-8-13/h5-8H,2,4,9-10H2,1,3H3. The van der Waals surface area contributed by atoms with E-state index < -0.39 is 0 Å². The molecular weight excluding hydrogens is 334 g/mol. The normalized spacial score (nSPS) is 10.6. The first-order chi connectivity index (χ1) is 11.0. The van der Waals surface area contributed by atoms with E-state index in [0.717, 1.165) is 11.3 Å². The summed E-state index contributed by atoms with van der Waals surface area (Å²) in [6, 6.07) is 7.18. The van der Waals surface area contributed by atoms with Gasteiger partial charge in [0.2, 0.25) is 11.1 Å². The van der Waals surface area contributed by atoms with E-state index in [2.05, 4.69) is 22.1 Å². The predicted molar refractivity (Wildman–Crippen MR) is 92.0 cm³/mol. The summed E-state index contributed by atoms with van der Waals surface area (Å²) in [5.41, 5.74) is 1.75. The second-order valence-electron chi connectivity index (χ2n) is 5.00. The number of nitrogens with zero attached hydrogens (tertiary/aromatic N) is 5. The molecule has 1 heterocycles. The maximum Gasteiger partial charge on any atom is 0.233 e. The molecule has 0 aliphatic rings. The SMILES string of the molecule is C=C(C)CN(CC)C(=O)CSc1nnnn1-c1ccc(Cl)cc1. The van der Waals surface area contributed by atoms with Gasteiger partial charge in [-0.3, -0.25) is 4.79 Å². The van der Waals surface area contributed by atoms with Gasteiger partial charge in [0.1, 0.15) is 0 Å². The van der Waals surface area contributed by atoms with Crippen molar-refractivity contribution in [2.45, 2.75) is 19.0 Å². The van der Waals surface area contributed by atoms with E-state index in [1.807, 2.05) is 26.0 Å². The fourth-order valence-corrected chi connectivity index (χ4v) is 2.85. The second kappa shape index (κ2) is 8.12. The number of likely N-dealkylation sites (N-methyl/N-ethyl adjacent to an activating group) is 1. The lowest BCUT2D eigenvalue weighted by Crippen LogP contribution is -2.33. The number of carbonyl (C=O) groups is 1. The number of amides is 1. The van der Waals surface area contributed by atoms with Gasteiger partial charge in [0, 0.05) is 18.1 Å². The quantitative estimate of drug-likeness (QED) is 0.567. The van der Waals surface area contributed by atoms with Gasteiger partial charge in [-0.25, -0.2) is 0 Å². The number of rotatable bonds is 7. The Bertz CT molecular complexity index is 685. The summed E-state index contributed by atoms with van der Waals surface area (Å²) in [6.07, 6.45) is 0. The molecule has 8 heteroatoms. The zero-order chi connectivity index (χ0) is 16.8. The number of carbonyl (C=O) groups excluding carboxylic acids is 1. The van der Waals surface area contributed by atoms with Crippen molar-refractivity contribution in [2.75, 3.05) is 18.8 Å². The van der Waals surface area contributed by atoms with Crippen LogP contribution in [0.3, 0.4) is 0 Å². The second-order valence-corrected chi connectivity index (χ2v) is 6.38. The molecule has 0 radical (unpaired) electrons. The molecule has 0 saturated heterocycles. The molecule has 1 aromatic carbocycles. The van der Waals surface area contributed by atoms with Gasteiger partial charge in [0.15, 0.2) is 0 Å². The third-order valence-electron chi connectivity index (χ3n) is 3.03. The lowest BCUT2D eigenvalue weighted by molar-refractivity contribution is -0.127. The highest BCUT2D eigenvalue weighted by atomic mass is 35.5. The number of halogens is 1. The van der Waals surface area contributed by atoms with Crippen LogP contribution in [0.1, 0.15) is 13.8 Å². The number of hydrogen-bond acceptors (Lipinski definition) is 5. The van der Waals surface area contributed by atoms with Crippen LogP contribution in [0.4, 0.5) is 0 Å². The molecule has 6 nitrogen and oxygen atoms in total. The van der Waals surface area contributed by atoms with E-state index in [9.17, 15) is 4.79 Å². The Kier molecular flexibility index (Phi) is 6.18. The zero-order valence-corrected chi connectivity index (χ0v) is 14.6. The molecule has 122 valence electrons. The summed E-state index contributed by atoms with van der Waals surface area (Å²) in [7, 11) is 0. The summed E-state index contributed by atoms with van der Waals surface area (Å²) in [5, 5.41) is 12.8. The van der Waals surface area contributed by atoms with Gasteiger partial charge < -0.3 is 4.90 Å². The van der Waals surface area contributed by atoms with Crippen molar-refractivity contribution >= 4 is 29.3 Å². The molecule has 1 aromatic heterocycles. The molecule has 2 rings (SSSR count). The maximum absolute atomic E-state index is 12.3. The lowest BCUT2D eigenvalue weighted by Gasteiger charge is -2.20. The van der Waals surface area contributed by atoms with Crippen LogP contribution in [0.2, 0.25) is 5.02 Å². The van der Waals surface area contributed by atoms with Crippen LogP contribution < -0.4 is 0 Å². The van der Waals surface area contributed by atoms with E-state index in [1.165, 1.54) is 11.8 Å². The lowest BCUT2D eigenvalue weighted by atomic mass is 10.3. The van der Waals surface area contributed by atoms with Crippen molar-refractivity contribution in [3.8, 4) is 5.69 Å². The fourth-order valence-electron chi connectivity index (χ4n) is 1.93. The van der Waals surface area contributed by atoms with Gasteiger partial charge in [-0.1, -0.05) is 35.5 Å². The molecule has 0 N–H and O–H groups in total. The van der Waals surface area contributed by atoms with Gasteiger partial charge >= 0.3 is 0 Å². The highest BCUT2D eigenvalue weighted by Gasteiger charge is 2.15. The van der Waals surface area contributed by atoms with Crippen LogP contribution in [0, 0.1) is 0 Å². The first kappa shape index (κ1) is 17.5. The van der Waals surface area contributed by atoms with Crippen LogP contribution in [0.25, 0.3) is 5.69 Å². The smallest absolute Gasteiger partial charge is 0.233 e. The van der Waals surface area contributed by atoms with E-state index in [4.69, 9.17) is 11.6 Å². The van der Waals surface area contributed by atoms with Crippen LogP contribution >= 0.6 is 23.4 Å². The van der Waals surface area contributed by atoms with Crippen molar-refractivity contribution in [2.24, 2.45) is 0 Å². The van der Waals surface area contributed by atoms with Gasteiger partial charge in [0.25, 0.3) is 0 Å². The molecule has 2 aromatic rings. The third kappa shape index (κ3) is 4.80. The van der Waals surface area contributed by atoms with E-state index in [1.54, 1.807) is 21.7 Å². The average molecular weight is 352 g/mol. The van der Waals surface area contributed by atoms with Gasteiger partial charge in [-0.2, -0.15) is 4.68 Å². The summed E-state index contributed by atoms with van der Waals surface area (Å²) >= 11 is 7.19. The Balaban J connectivity index is 2.04. The summed E-state index contributed by atoms with van der Waals surface area (Å²) in [5.74, 6) is 0.306. The van der Waals surface area contributed by atoms with Gasteiger partial charge in [-0.15, -0.1) is 5.10 Å². The van der Waals surface area contributed by atoms with Crippen molar-refractivity contribution in [1.29, 1.82) is 0 Å². The minimum Gasteiger partial charge on any atom is -0.338 e. The number of benzene rings is 1. The topological polar surface area (TPSA) is 63.9 Å². The fraction of sp³-hybridized carbons (Fsp3) is 0.333. The molecule has 0 atom stereocenters. The predicted octanol–water partition coefficient (Wildman–Crippen LogP) is 2.83. The highest BCUT2D eigenvalue weighted by molar-refractivity contribution is 7.99. The summed E-state index contributed by atoms with van der Waals surface area (Å²) in [4.78, 5) is 14.0. The Hall–Kier alpha value is -1.86. The Morgan fingerprint density at radius 2 is 2.09 bits per heavy atom. The monoisotopic (exact) mass is 351 g/mol. The van der Waals surface area contributed by atoms with Crippen molar-refractivity contribution in [3.05, 3.63) is 41.4 Å². The van der Waals surface area contributed by atoms with E-state index in [-0.39, 0.29) is 11.7 Å². The minimum absolute atomic E-state index is 0.0335. The van der Waals surface area contributed by atoms with Crippen molar-refractivity contribution in [1.82, 2.24) is 25.1 Å². The van der Waals surface area contributed by atoms with Gasteiger partial charge in [0.05, 0.1) is 11.4 Å². The Labute approximate surface area is 144 Å². The first-order valence-electron chi connectivity index (χ1n) is 7.10. The third-order valence-corrected chi connectivity index (χ3v) is 4.19. The van der Waals surface area contributed by atoms with E-state index >= 15 is 0 Å². The van der Waals surface area contributed by atoms with Crippen LogP contribution in [0.15, 0.2) is 41.6 Å². The first-order valence-corrected chi connectivity index (χ1v) is 8.47. The molecule has 0 unspecified atom stereocenters. The number of hydrogen-bond donors (Lipinski definition) is 0. The number of tetrazole rings is 1. The van der Waals surface area contributed by atoms with Crippen molar-refractivity contribution in [3.63, 3.8) is 0 Å². The summed E-state index contributed by atoms with van der Waals surface area (Å²) < 4.78 is 1.59. The molecule has 0 aliphatic heterocycles. The number of aromatic nitrogens is 4. The molecule has 0 spiro atoms. The molecule has 0 fully saturated rings. The van der Waals surface area contributed by atoms with Gasteiger partial charge in [-0.05, 0) is 48.5 Å². The molecule has 0 bridgehead atoms.